The Morgan fingerprint density at radius 3 is 2.65 bits per heavy atom. The molecule has 0 bridgehead atoms. The number of nitrogens with one attached hydrogen (secondary N) is 1. The van der Waals surface area contributed by atoms with Gasteiger partial charge < -0.3 is 15.0 Å². The Hall–Kier alpha value is -1.39. The maximum absolute atomic E-state index is 12.9. The normalized spacial score (nSPS) is 23.3. The molecule has 2 aliphatic heterocycles. The third-order valence-electron chi connectivity index (χ3n) is 4.96. The van der Waals surface area contributed by atoms with E-state index in [4.69, 9.17) is 4.74 Å². The number of carbonyl (C=O) groups is 1. The van der Waals surface area contributed by atoms with E-state index in [9.17, 15) is 4.79 Å². The average molecular weight is 316 g/mol. The lowest BCUT2D eigenvalue weighted by atomic mass is 9.87. The van der Waals surface area contributed by atoms with Gasteiger partial charge in [0, 0.05) is 12.1 Å². The van der Waals surface area contributed by atoms with E-state index in [0.29, 0.717) is 18.9 Å². The molecule has 126 valence electrons. The highest BCUT2D eigenvalue weighted by atomic mass is 16.5. The Balaban J connectivity index is 1.80. The van der Waals surface area contributed by atoms with E-state index in [1.165, 1.54) is 0 Å². The number of rotatable bonds is 4. The maximum Gasteiger partial charge on any atom is 0.227 e. The summed E-state index contributed by atoms with van der Waals surface area (Å²) >= 11 is 0. The molecule has 0 aliphatic carbocycles. The number of hydrogen-bond acceptors (Lipinski definition) is 3. The standard InChI is InChI=1S/C19H28N2O2/c1-15(2)12-18(22)21(16-6-4-3-5-7-16)17-13-19(23-14-17)8-10-20-11-9-19/h3-7,15,17,20H,8-14H2,1-2H3/t17-/m1/s1. The quantitative estimate of drug-likeness (QED) is 0.928. The van der Waals surface area contributed by atoms with Crippen LogP contribution in [0.3, 0.4) is 0 Å². The van der Waals surface area contributed by atoms with Crippen LogP contribution in [0.1, 0.15) is 39.5 Å². The molecule has 4 nitrogen and oxygen atoms in total. The molecule has 0 aromatic heterocycles. The summed E-state index contributed by atoms with van der Waals surface area (Å²) in [6.07, 6.45) is 3.63. The number of benzene rings is 1. The lowest BCUT2D eigenvalue weighted by Crippen LogP contribution is -2.44. The van der Waals surface area contributed by atoms with Crippen LogP contribution in [-0.4, -0.2) is 37.2 Å². The average Bonchev–Trinajstić information content (AvgIpc) is 2.91. The Labute approximate surface area is 139 Å². The molecular weight excluding hydrogens is 288 g/mol. The summed E-state index contributed by atoms with van der Waals surface area (Å²) in [5, 5.41) is 3.40. The van der Waals surface area contributed by atoms with Crippen LogP contribution < -0.4 is 10.2 Å². The van der Waals surface area contributed by atoms with Gasteiger partial charge in [0.2, 0.25) is 5.91 Å². The molecule has 2 fully saturated rings. The third-order valence-corrected chi connectivity index (χ3v) is 4.96. The zero-order valence-electron chi connectivity index (χ0n) is 14.3. The number of nitrogens with zero attached hydrogens (tertiary/aromatic N) is 1. The van der Waals surface area contributed by atoms with Crippen molar-refractivity contribution < 1.29 is 9.53 Å². The van der Waals surface area contributed by atoms with Gasteiger partial charge in [0.1, 0.15) is 0 Å². The summed E-state index contributed by atoms with van der Waals surface area (Å²) in [6.45, 7) is 6.87. The van der Waals surface area contributed by atoms with Crippen LogP contribution >= 0.6 is 0 Å². The summed E-state index contributed by atoms with van der Waals surface area (Å²) in [7, 11) is 0. The molecule has 1 atom stereocenters. The fraction of sp³-hybridized carbons (Fsp3) is 0.632. The molecule has 1 aromatic carbocycles. The highest BCUT2D eigenvalue weighted by molar-refractivity contribution is 5.94. The molecule has 0 unspecified atom stereocenters. The minimum Gasteiger partial charge on any atom is -0.373 e. The van der Waals surface area contributed by atoms with E-state index in [-0.39, 0.29) is 17.6 Å². The third kappa shape index (κ3) is 3.75. The zero-order valence-corrected chi connectivity index (χ0v) is 14.3. The van der Waals surface area contributed by atoms with Crippen molar-refractivity contribution >= 4 is 11.6 Å². The van der Waals surface area contributed by atoms with Crippen molar-refractivity contribution in [2.45, 2.75) is 51.2 Å². The van der Waals surface area contributed by atoms with Gasteiger partial charge in [0.15, 0.2) is 0 Å². The van der Waals surface area contributed by atoms with Crippen molar-refractivity contribution in [1.82, 2.24) is 5.32 Å². The number of anilines is 1. The van der Waals surface area contributed by atoms with Crippen molar-refractivity contribution in [2.75, 3.05) is 24.6 Å². The molecule has 23 heavy (non-hydrogen) atoms. The van der Waals surface area contributed by atoms with Crippen LogP contribution in [-0.2, 0) is 9.53 Å². The Morgan fingerprint density at radius 2 is 2.00 bits per heavy atom. The number of ether oxygens (including phenoxy) is 1. The first-order valence-corrected chi connectivity index (χ1v) is 8.81. The van der Waals surface area contributed by atoms with Gasteiger partial charge in [0.25, 0.3) is 0 Å². The maximum atomic E-state index is 12.9. The molecular formula is C19H28N2O2. The molecule has 1 N–H and O–H groups in total. The molecule has 3 rings (SSSR count). The molecule has 2 saturated heterocycles. The number of carbonyl (C=O) groups excluding carboxylic acids is 1. The first-order valence-electron chi connectivity index (χ1n) is 8.81. The van der Waals surface area contributed by atoms with Crippen LogP contribution in [0, 0.1) is 5.92 Å². The fourth-order valence-corrected chi connectivity index (χ4v) is 3.81. The van der Waals surface area contributed by atoms with Crippen molar-refractivity contribution in [3.05, 3.63) is 30.3 Å². The molecule has 1 spiro atoms. The minimum absolute atomic E-state index is 0.0267. The van der Waals surface area contributed by atoms with Crippen LogP contribution in [0.5, 0.6) is 0 Å². The van der Waals surface area contributed by atoms with Crippen LogP contribution in [0.25, 0.3) is 0 Å². The number of hydrogen-bond donors (Lipinski definition) is 1. The first kappa shape index (κ1) is 16.5. The fourth-order valence-electron chi connectivity index (χ4n) is 3.81. The topological polar surface area (TPSA) is 41.6 Å². The SMILES string of the molecule is CC(C)CC(=O)N(c1ccccc1)[C@H]1COC2(CCNCC2)C1. The lowest BCUT2D eigenvalue weighted by molar-refractivity contribution is -0.119. The van der Waals surface area contributed by atoms with Gasteiger partial charge in [0.05, 0.1) is 18.2 Å². The smallest absolute Gasteiger partial charge is 0.227 e. The van der Waals surface area contributed by atoms with Crippen molar-refractivity contribution in [3.63, 3.8) is 0 Å². The van der Waals surface area contributed by atoms with Crippen molar-refractivity contribution in [1.29, 1.82) is 0 Å². The van der Waals surface area contributed by atoms with Gasteiger partial charge in [-0.25, -0.2) is 0 Å². The van der Waals surface area contributed by atoms with E-state index in [1.807, 2.05) is 35.2 Å². The van der Waals surface area contributed by atoms with E-state index in [2.05, 4.69) is 19.2 Å². The van der Waals surface area contributed by atoms with Gasteiger partial charge in [-0.1, -0.05) is 32.0 Å². The number of amides is 1. The molecule has 0 saturated carbocycles. The van der Waals surface area contributed by atoms with Gasteiger partial charge in [-0.15, -0.1) is 0 Å². The minimum atomic E-state index is -0.0267. The van der Waals surface area contributed by atoms with Crippen LogP contribution in [0.4, 0.5) is 5.69 Å². The number of para-hydroxylation sites is 1. The molecule has 2 aliphatic rings. The largest absolute Gasteiger partial charge is 0.373 e. The Morgan fingerprint density at radius 1 is 1.30 bits per heavy atom. The second-order valence-corrected chi connectivity index (χ2v) is 7.30. The predicted molar refractivity (Wildman–Crippen MR) is 92.6 cm³/mol. The summed E-state index contributed by atoms with van der Waals surface area (Å²) in [5.41, 5.74) is 0.971. The summed E-state index contributed by atoms with van der Waals surface area (Å²) in [6, 6.07) is 10.2. The van der Waals surface area contributed by atoms with Gasteiger partial charge in [-0.05, 0) is 50.4 Å². The summed E-state index contributed by atoms with van der Waals surface area (Å²) in [4.78, 5) is 14.9. The monoisotopic (exact) mass is 316 g/mol. The predicted octanol–water partition coefficient (Wildman–Crippen LogP) is 2.98. The summed E-state index contributed by atoms with van der Waals surface area (Å²) in [5.74, 6) is 0.578. The highest BCUT2D eigenvalue weighted by Gasteiger charge is 2.44. The van der Waals surface area contributed by atoms with Crippen LogP contribution in [0.2, 0.25) is 0 Å². The number of piperidine rings is 1. The molecule has 1 amide bonds. The van der Waals surface area contributed by atoms with E-state index < -0.39 is 0 Å². The summed E-state index contributed by atoms with van der Waals surface area (Å²) < 4.78 is 6.22. The molecule has 0 radical (unpaired) electrons. The Bertz CT molecular complexity index is 523. The molecule has 2 heterocycles. The van der Waals surface area contributed by atoms with Gasteiger partial charge in [-0.3, -0.25) is 4.79 Å². The van der Waals surface area contributed by atoms with Crippen LogP contribution in [0.15, 0.2) is 30.3 Å². The second kappa shape index (κ2) is 7.02. The van der Waals surface area contributed by atoms with E-state index >= 15 is 0 Å². The van der Waals surface area contributed by atoms with Gasteiger partial charge >= 0.3 is 0 Å². The molecule has 1 aromatic rings. The second-order valence-electron chi connectivity index (χ2n) is 7.30. The van der Waals surface area contributed by atoms with Crippen molar-refractivity contribution in [3.8, 4) is 0 Å². The van der Waals surface area contributed by atoms with Crippen molar-refractivity contribution in [2.24, 2.45) is 5.92 Å². The Kier molecular flexibility index (Phi) is 5.02. The lowest BCUT2D eigenvalue weighted by Gasteiger charge is -2.34. The zero-order chi connectivity index (χ0) is 16.3. The van der Waals surface area contributed by atoms with Gasteiger partial charge in [-0.2, -0.15) is 0 Å². The molecule has 4 heteroatoms. The van der Waals surface area contributed by atoms with E-state index in [0.717, 1.165) is 38.0 Å². The van der Waals surface area contributed by atoms with E-state index in [1.54, 1.807) is 0 Å². The first-order chi connectivity index (χ1) is 11.1. The highest BCUT2D eigenvalue weighted by Crippen LogP contribution is 2.37.